The lowest BCUT2D eigenvalue weighted by molar-refractivity contribution is -0.126. The Bertz CT molecular complexity index is 1390. The number of amides is 1. The van der Waals surface area contributed by atoms with Crippen LogP contribution in [0.5, 0.6) is 11.5 Å². The predicted octanol–water partition coefficient (Wildman–Crippen LogP) is 4.67. The zero-order chi connectivity index (χ0) is 25.6. The molecule has 1 aliphatic heterocycles. The number of rotatable bonds is 7. The minimum absolute atomic E-state index is 0.0429. The highest BCUT2D eigenvalue weighted by molar-refractivity contribution is 5.93. The molecule has 1 amide bonds. The number of carbonyl (C=O) groups is 1. The second-order valence-corrected chi connectivity index (χ2v) is 8.95. The number of methoxy groups -OCH3 is 1. The number of aromatic nitrogens is 2. The first-order valence-corrected chi connectivity index (χ1v) is 12.4. The molecule has 2 heterocycles. The zero-order valence-electron chi connectivity index (χ0n) is 20.8. The predicted molar refractivity (Wildman–Crippen MR) is 146 cm³/mol. The molecule has 0 unspecified atom stereocenters. The molecule has 0 radical (unpaired) electrons. The first-order chi connectivity index (χ1) is 18.1. The number of hydrogen-bond donors (Lipinski definition) is 1. The van der Waals surface area contributed by atoms with Gasteiger partial charge >= 0.3 is 0 Å². The van der Waals surface area contributed by atoms with E-state index >= 15 is 0 Å². The summed E-state index contributed by atoms with van der Waals surface area (Å²) in [6.45, 7) is 3.13. The topological polar surface area (TPSA) is 70.8 Å². The summed E-state index contributed by atoms with van der Waals surface area (Å²) in [5.74, 6) is 0.950. The van der Waals surface area contributed by atoms with Gasteiger partial charge in [-0.1, -0.05) is 54.6 Å². The van der Waals surface area contributed by atoms with Gasteiger partial charge < -0.3 is 19.6 Å². The third kappa shape index (κ3) is 5.51. The number of aromatic hydroxyl groups is 1. The summed E-state index contributed by atoms with van der Waals surface area (Å²) in [5, 5.41) is 15.0. The van der Waals surface area contributed by atoms with Crippen LogP contribution < -0.4 is 9.64 Å². The van der Waals surface area contributed by atoms with Crippen LogP contribution in [0.2, 0.25) is 0 Å². The lowest BCUT2D eigenvalue weighted by atomic mass is 10.1. The van der Waals surface area contributed by atoms with Crippen molar-refractivity contribution in [2.45, 2.75) is 6.54 Å². The molecule has 4 aromatic rings. The van der Waals surface area contributed by atoms with Gasteiger partial charge in [0.05, 0.1) is 19.3 Å². The van der Waals surface area contributed by atoms with E-state index in [1.165, 1.54) is 0 Å². The van der Waals surface area contributed by atoms with E-state index < -0.39 is 0 Å². The Morgan fingerprint density at radius 1 is 0.946 bits per heavy atom. The van der Waals surface area contributed by atoms with Crippen LogP contribution in [0.4, 0.5) is 5.69 Å². The fourth-order valence-electron chi connectivity index (χ4n) is 4.63. The summed E-state index contributed by atoms with van der Waals surface area (Å²) in [6.07, 6.45) is 5.43. The summed E-state index contributed by atoms with van der Waals surface area (Å²) in [7, 11) is 1.65. The highest BCUT2D eigenvalue weighted by Crippen LogP contribution is 2.32. The van der Waals surface area contributed by atoms with Crippen LogP contribution in [0, 0.1) is 0 Å². The maximum absolute atomic E-state index is 13.1. The number of hydrogen-bond acceptors (Lipinski definition) is 5. The molecule has 1 saturated heterocycles. The molecular weight excluding hydrogens is 464 g/mol. The van der Waals surface area contributed by atoms with E-state index in [1.54, 1.807) is 19.3 Å². The van der Waals surface area contributed by atoms with Crippen molar-refractivity contribution < 1.29 is 14.6 Å². The second-order valence-electron chi connectivity index (χ2n) is 8.95. The van der Waals surface area contributed by atoms with Crippen LogP contribution in [-0.4, -0.2) is 59.0 Å². The SMILES string of the molecule is COc1ccccc1-c1nn(Cc2ccccc2)cc1C=CC(=O)N1CCN(c2ccccc2O)CC1. The number of para-hydroxylation sites is 3. The maximum Gasteiger partial charge on any atom is 0.246 e. The Hall–Kier alpha value is -4.52. The molecule has 0 spiro atoms. The molecule has 1 N–H and O–H groups in total. The van der Waals surface area contributed by atoms with Crippen molar-refractivity contribution in [3.05, 3.63) is 102 Å². The Morgan fingerprint density at radius 3 is 2.41 bits per heavy atom. The van der Waals surface area contributed by atoms with Gasteiger partial charge in [-0.3, -0.25) is 9.48 Å². The van der Waals surface area contributed by atoms with E-state index in [1.807, 2.05) is 82.5 Å². The third-order valence-electron chi connectivity index (χ3n) is 6.56. The van der Waals surface area contributed by atoms with Crippen molar-refractivity contribution in [2.75, 3.05) is 38.2 Å². The van der Waals surface area contributed by atoms with Gasteiger partial charge in [-0.25, -0.2) is 0 Å². The summed E-state index contributed by atoms with van der Waals surface area (Å²) >= 11 is 0. The van der Waals surface area contributed by atoms with Crippen LogP contribution in [-0.2, 0) is 11.3 Å². The summed E-state index contributed by atoms with van der Waals surface area (Å²) < 4.78 is 7.48. The largest absolute Gasteiger partial charge is 0.506 e. The molecule has 0 bridgehead atoms. The van der Waals surface area contributed by atoms with Crippen molar-refractivity contribution in [1.82, 2.24) is 14.7 Å². The van der Waals surface area contributed by atoms with Crippen LogP contribution in [0.1, 0.15) is 11.1 Å². The minimum atomic E-state index is -0.0429. The van der Waals surface area contributed by atoms with E-state index in [0.29, 0.717) is 32.7 Å². The number of ether oxygens (including phenoxy) is 1. The quantitative estimate of drug-likeness (QED) is 0.378. The smallest absolute Gasteiger partial charge is 0.246 e. The average molecular weight is 495 g/mol. The normalized spacial score (nSPS) is 13.8. The van der Waals surface area contributed by atoms with Gasteiger partial charge in [0.2, 0.25) is 5.91 Å². The summed E-state index contributed by atoms with van der Waals surface area (Å²) in [6, 6.07) is 25.2. The lowest BCUT2D eigenvalue weighted by Gasteiger charge is -2.35. The van der Waals surface area contributed by atoms with Gasteiger partial charge in [-0.15, -0.1) is 0 Å². The van der Waals surface area contributed by atoms with Gasteiger partial charge in [0.15, 0.2) is 0 Å². The van der Waals surface area contributed by atoms with Crippen molar-refractivity contribution in [2.24, 2.45) is 0 Å². The van der Waals surface area contributed by atoms with E-state index in [0.717, 1.165) is 33.8 Å². The summed E-state index contributed by atoms with van der Waals surface area (Å²) in [4.78, 5) is 17.0. The van der Waals surface area contributed by atoms with Crippen LogP contribution in [0.3, 0.4) is 0 Å². The molecule has 5 rings (SSSR count). The Kier molecular flexibility index (Phi) is 7.21. The van der Waals surface area contributed by atoms with Gasteiger partial charge in [-0.2, -0.15) is 5.10 Å². The van der Waals surface area contributed by atoms with Crippen molar-refractivity contribution in [1.29, 1.82) is 0 Å². The second kappa shape index (κ2) is 11.0. The van der Waals surface area contributed by atoms with Crippen LogP contribution in [0.25, 0.3) is 17.3 Å². The lowest BCUT2D eigenvalue weighted by Crippen LogP contribution is -2.48. The first kappa shape index (κ1) is 24.2. The number of carbonyl (C=O) groups excluding carboxylic acids is 1. The third-order valence-corrected chi connectivity index (χ3v) is 6.56. The van der Waals surface area contributed by atoms with Gasteiger partial charge in [0, 0.05) is 49.6 Å². The molecule has 0 aliphatic carbocycles. The van der Waals surface area contributed by atoms with Crippen LogP contribution in [0.15, 0.2) is 91.1 Å². The molecule has 0 saturated carbocycles. The Morgan fingerprint density at radius 2 is 1.65 bits per heavy atom. The number of benzene rings is 3. The van der Waals surface area contributed by atoms with Gasteiger partial charge in [0.1, 0.15) is 17.2 Å². The number of phenolic OH excluding ortho intramolecular Hbond substituents is 1. The molecule has 7 nitrogen and oxygen atoms in total. The number of anilines is 1. The Balaban J connectivity index is 1.34. The van der Waals surface area contributed by atoms with Crippen molar-refractivity contribution in [3.63, 3.8) is 0 Å². The minimum Gasteiger partial charge on any atom is -0.506 e. The van der Waals surface area contributed by atoms with Crippen LogP contribution >= 0.6 is 0 Å². The first-order valence-electron chi connectivity index (χ1n) is 12.4. The molecule has 188 valence electrons. The molecule has 37 heavy (non-hydrogen) atoms. The van der Waals surface area contributed by atoms with Crippen molar-refractivity contribution >= 4 is 17.7 Å². The molecule has 7 heteroatoms. The standard InChI is InChI=1S/C30H30N4O3/c1-37-28-14-8-5-11-25(28)30-24(22-34(31-30)21-23-9-3-2-4-10-23)15-16-29(36)33-19-17-32(18-20-33)26-12-6-7-13-27(26)35/h2-16,22,35H,17-21H2,1H3. The molecule has 3 aromatic carbocycles. The fraction of sp³-hybridized carbons (Fsp3) is 0.200. The molecule has 1 aromatic heterocycles. The van der Waals surface area contributed by atoms with E-state index in [9.17, 15) is 9.90 Å². The van der Waals surface area contributed by atoms with E-state index in [-0.39, 0.29) is 11.7 Å². The van der Waals surface area contributed by atoms with Gasteiger partial charge in [-0.05, 0) is 35.9 Å². The number of piperazine rings is 1. The molecule has 1 fully saturated rings. The Labute approximate surface area is 216 Å². The molecule has 1 aliphatic rings. The highest BCUT2D eigenvalue weighted by Gasteiger charge is 2.22. The molecule has 0 atom stereocenters. The number of phenols is 1. The highest BCUT2D eigenvalue weighted by atomic mass is 16.5. The maximum atomic E-state index is 13.1. The molecular formula is C30H30N4O3. The fourth-order valence-corrected chi connectivity index (χ4v) is 4.63. The van der Waals surface area contributed by atoms with E-state index in [4.69, 9.17) is 9.84 Å². The summed E-state index contributed by atoms with van der Waals surface area (Å²) in [5.41, 5.74) is 4.44. The number of nitrogens with zero attached hydrogens (tertiary/aromatic N) is 4. The average Bonchev–Trinajstić information content (AvgIpc) is 3.34. The van der Waals surface area contributed by atoms with Gasteiger partial charge in [0.25, 0.3) is 0 Å². The van der Waals surface area contributed by atoms with Crippen molar-refractivity contribution in [3.8, 4) is 22.8 Å². The zero-order valence-corrected chi connectivity index (χ0v) is 20.8. The monoisotopic (exact) mass is 494 g/mol. The van der Waals surface area contributed by atoms with E-state index in [2.05, 4.69) is 17.0 Å².